The van der Waals surface area contributed by atoms with Crippen LogP contribution in [0.25, 0.3) is 0 Å². The third kappa shape index (κ3) is 2.32. The van der Waals surface area contributed by atoms with Gasteiger partial charge in [0.2, 0.25) is 5.16 Å². The SMILES string of the molecule is O=Cc1ccc(Sc2nnnn2C2CCCC2)s1. The Morgan fingerprint density at radius 2 is 2.22 bits per heavy atom. The van der Waals surface area contributed by atoms with Crippen LogP contribution in [0.5, 0.6) is 0 Å². The number of tetrazole rings is 1. The summed E-state index contributed by atoms with van der Waals surface area (Å²) < 4.78 is 2.98. The topological polar surface area (TPSA) is 60.7 Å². The molecule has 18 heavy (non-hydrogen) atoms. The fourth-order valence-corrected chi connectivity index (χ4v) is 4.08. The number of hydrogen-bond donors (Lipinski definition) is 0. The van der Waals surface area contributed by atoms with Crippen molar-refractivity contribution in [2.24, 2.45) is 0 Å². The smallest absolute Gasteiger partial charge is 0.215 e. The van der Waals surface area contributed by atoms with Gasteiger partial charge in [0.15, 0.2) is 6.29 Å². The van der Waals surface area contributed by atoms with Gasteiger partial charge in [0.1, 0.15) is 0 Å². The number of hydrogen-bond acceptors (Lipinski definition) is 6. The lowest BCUT2D eigenvalue weighted by atomic mass is 10.3. The van der Waals surface area contributed by atoms with Crippen molar-refractivity contribution in [1.29, 1.82) is 0 Å². The monoisotopic (exact) mass is 280 g/mol. The molecule has 0 N–H and O–H groups in total. The van der Waals surface area contributed by atoms with Crippen molar-refractivity contribution in [2.45, 2.75) is 41.1 Å². The second-order valence-electron chi connectivity index (χ2n) is 4.22. The maximum Gasteiger partial charge on any atom is 0.215 e. The van der Waals surface area contributed by atoms with E-state index in [2.05, 4.69) is 15.5 Å². The van der Waals surface area contributed by atoms with Crippen LogP contribution >= 0.6 is 23.1 Å². The second-order valence-corrected chi connectivity index (χ2v) is 6.60. The molecule has 0 aliphatic heterocycles. The highest BCUT2D eigenvalue weighted by Gasteiger charge is 2.22. The fraction of sp³-hybridized carbons (Fsp3) is 0.455. The largest absolute Gasteiger partial charge is 0.297 e. The molecule has 3 rings (SSSR count). The quantitative estimate of drug-likeness (QED) is 0.806. The summed E-state index contributed by atoms with van der Waals surface area (Å²) in [5.41, 5.74) is 0. The average molecular weight is 280 g/mol. The molecule has 2 heterocycles. The standard InChI is InChI=1S/C11H12N4OS2/c16-7-9-5-6-10(17-9)18-11-12-13-14-15(11)8-3-1-2-4-8/h5-8H,1-4H2. The Kier molecular flexibility index (Phi) is 3.42. The van der Waals surface area contributed by atoms with Crippen molar-refractivity contribution in [1.82, 2.24) is 20.2 Å². The van der Waals surface area contributed by atoms with E-state index in [1.807, 2.05) is 16.8 Å². The highest BCUT2D eigenvalue weighted by Crippen LogP contribution is 2.35. The molecule has 0 spiro atoms. The minimum Gasteiger partial charge on any atom is -0.297 e. The number of aldehydes is 1. The van der Waals surface area contributed by atoms with Gasteiger partial charge in [-0.15, -0.1) is 16.4 Å². The van der Waals surface area contributed by atoms with Gasteiger partial charge in [0.05, 0.1) is 15.1 Å². The first kappa shape index (κ1) is 11.9. The lowest BCUT2D eigenvalue weighted by Crippen LogP contribution is -2.07. The molecule has 2 aromatic heterocycles. The predicted molar refractivity (Wildman–Crippen MR) is 69.2 cm³/mol. The van der Waals surface area contributed by atoms with Crippen molar-refractivity contribution >= 4 is 29.4 Å². The molecule has 0 amide bonds. The van der Waals surface area contributed by atoms with E-state index >= 15 is 0 Å². The summed E-state index contributed by atoms with van der Waals surface area (Å²) in [6.45, 7) is 0. The Labute approximate surface area is 113 Å². The van der Waals surface area contributed by atoms with Gasteiger partial charge in [0, 0.05) is 0 Å². The van der Waals surface area contributed by atoms with E-state index in [9.17, 15) is 4.79 Å². The highest BCUT2D eigenvalue weighted by molar-refractivity contribution is 8.01. The molecule has 0 unspecified atom stereocenters. The number of nitrogens with zero attached hydrogens (tertiary/aromatic N) is 4. The molecule has 2 aromatic rings. The molecule has 0 bridgehead atoms. The van der Waals surface area contributed by atoms with Gasteiger partial charge >= 0.3 is 0 Å². The molecular formula is C11H12N4OS2. The Balaban J connectivity index is 1.79. The van der Waals surface area contributed by atoms with Crippen LogP contribution in [0, 0.1) is 0 Å². The first-order valence-corrected chi connectivity index (χ1v) is 7.51. The summed E-state index contributed by atoms with van der Waals surface area (Å²) in [5.74, 6) is 0. The summed E-state index contributed by atoms with van der Waals surface area (Å²) >= 11 is 3.00. The van der Waals surface area contributed by atoms with Crippen molar-refractivity contribution in [3.8, 4) is 0 Å². The molecular weight excluding hydrogens is 268 g/mol. The molecule has 0 aromatic carbocycles. The zero-order chi connectivity index (χ0) is 12.4. The lowest BCUT2D eigenvalue weighted by Gasteiger charge is -2.09. The second kappa shape index (κ2) is 5.19. The number of carbonyl (C=O) groups is 1. The number of thiophene rings is 1. The molecule has 1 aliphatic rings. The summed E-state index contributed by atoms with van der Waals surface area (Å²) in [6, 6.07) is 4.20. The van der Waals surface area contributed by atoms with Crippen LogP contribution in [-0.4, -0.2) is 26.5 Å². The van der Waals surface area contributed by atoms with Gasteiger partial charge in [-0.1, -0.05) is 12.8 Å². The van der Waals surface area contributed by atoms with E-state index < -0.39 is 0 Å². The number of carbonyl (C=O) groups excluding carboxylic acids is 1. The summed E-state index contributed by atoms with van der Waals surface area (Å²) in [7, 11) is 0. The van der Waals surface area contributed by atoms with E-state index in [1.54, 1.807) is 0 Å². The van der Waals surface area contributed by atoms with Crippen LogP contribution in [0.2, 0.25) is 0 Å². The summed E-state index contributed by atoms with van der Waals surface area (Å²) in [4.78, 5) is 11.4. The molecule has 5 nitrogen and oxygen atoms in total. The van der Waals surface area contributed by atoms with E-state index in [4.69, 9.17) is 0 Å². The Hall–Kier alpha value is -1.21. The minimum atomic E-state index is 0.438. The summed E-state index contributed by atoms with van der Waals surface area (Å²) in [5, 5.41) is 12.8. The zero-order valence-electron chi connectivity index (χ0n) is 9.65. The van der Waals surface area contributed by atoms with E-state index in [0.717, 1.165) is 33.4 Å². The van der Waals surface area contributed by atoms with Crippen molar-refractivity contribution < 1.29 is 4.79 Å². The maximum atomic E-state index is 10.7. The first-order chi connectivity index (χ1) is 8.86. The number of rotatable bonds is 4. The lowest BCUT2D eigenvalue weighted by molar-refractivity contribution is 0.112. The van der Waals surface area contributed by atoms with Crippen LogP contribution in [0.1, 0.15) is 41.4 Å². The molecule has 1 saturated carbocycles. The Morgan fingerprint density at radius 3 is 2.94 bits per heavy atom. The summed E-state index contributed by atoms with van der Waals surface area (Å²) in [6.07, 6.45) is 5.69. The van der Waals surface area contributed by atoms with Crippen LogP contribution in [-0.2, 0) is 0 Å². The molecule has 94 valence electrons. The van der Waals surface area contributed by atoms with Crippen LogP contribution in [0.15, 0.2) is 21.5 Å². The van der Waals surface area contributed by atoms with Gasteiger partial charge in [-0.25, -0.2) is 4.68 Å². The molecule has 0 radical (unpaired) electrons. The van der Waals surface area contributed by atoms with Crippen molar-refractivity contribution in [2.75, 3.05) is 0 Å². The maximum absolute atomic E-state index is 10.7. The third-order valence-corrected chi connectivity index (χ3v) is 5.14. The third-order valence-electron chi connectivity index (χ3n) is 3.04. The zero-order valence-corrected chi connectivity index (χ0v) is 11.3. The highest BCUT2D eigenvalue weighted by atomic mass is 32.2. The molecule has 1 fully saturated rings. The van der Waals surface area contributed by atoms with Gasteiger partial charge in [-0.2, -0.15) is 0 Å². The van der Waals surface area contributed by atoms with Crippen LogP contribution in [0.3, 0.4) is 0 Å². The molecule has 1 aliphatic carbocycles. The van der Waals surface area contributed by atoms with Gasteiger partial charge in [-0.3, -0.25) is 4.79 Å². The average Bonchev–Trinajstić information content (AvgIpc) is 3.09. The minimum absolute atomic E-state index is 0.438. The van der Waals surface area contributed by atoms with Crippen molar-refractivity contribution in [3.63, 3.8) is 0 Å². The van der Waals surface area contributed by atoms with E-state index in [-0.39, 0.29) is 0 Å². The molecule has 0 saturated heterocycles. The molecule has 0 atom stereocenters. The van der Waals surface area contributed by atoms with Crippen LogP contribution < -0.4 is 0 Å². The Morgan fingerprint density at radius 1 is 1.39 bits per heavy atom. The van der Waals surface area contributed by atoms with Crippen molar-refractivity contribution in [3.05, 3.63) is 17.0 Å². The van der Waals surface area contributed by atoms with E-state index in [0.29, 0.717) is 6.04 Å². The van der Waals surface area contributed by atoms with Gasteiger partial charge in [-0.05, 0) is 47.2 Å². The molecule has 7 heteroatoms. The first-order valence-electron chi connectivity index (χ1n) is 5.87. The predicted octanol–water partition coefficient (Wildman–Crippen LogP) is 2.81. The Bertz CT molecular complexity index is 545. The fourth-order valence-electron chi connectivity index (χ4n) is 2.17. The normalized spacial score (nSPS) is 16.2. The van der Waals surface area contributed by atoms with Gasteiger partial charge < -0.3 is 0 Å². The van der Waals surface area contributed by atoms with Gasteiger partial charge in [0.25, 0.3) is 0 Å². The van der Waals surface area contributed by atoms with Crippen LogP contribution in [0.4, 0.5) is 0 Å². The van der Waals surface area contributed by atoms with E-state index in [1.165, 1.54) is 35.9 Å². The number of aromatic nitrogens is 4.